The van der Waals surface area contributed by atoms with Gasteiger partial charge in [-0.3, -0.25) is 0 Å². The Bertz CT molecular complexity index is 499. The second kappa shape index (κ2) is 6.00. The number of aliphatic hydroxyl groups excluding tert-OH is 1. The van der Waals surface area contributed by atoms with E-state index in [1.807, 2.05) is 23.6 Å². The molecule has 0 aliphatic heterocycles. The average Bonchev–Trinajstić information content (AvgIpc) is 2.77. The molecule has 0 fully saturated rings. The minimum atomic E-state index is -0.478. The first-order chi connectivity index (χ1) is 8.16. The van der Waals surface area contributed by atoms with Crippen molar-refractivity contribution in [3.05, 3.63) is 44.8 Å². The van der Waals surface area contributed by atoms with E-state index in [0.717, 1.165) is 20.9 Å². The van der Waals surface area contributed by atoms with Crippen LogP contribution in [0.1, 0.15) is 23.7 Å². The summed E-state index contributed by atoms with van der Waals surface area (Å²) in [6.07, 6.45) is -0.478. The van der Waals surface area contributed by atoms with Crippen LogP contribution in [0.5, 0.6) is 0 Å². The maximum Gasteiger partial charge on any atom is 0.103 e. The summed E-state index contributed by atoms with van der Waals surface area (Å²) in [4.78, 5) is 5.60. The fourth-order valence-electron chi connectivity index (χ4n) is 1.28. The average molecular weight is 330 g/mol. The van der Waals surface area contributed by atoms with E-state index < -0.39 is 6.10 Å². The van der Waals surface area contributed by atoms with Crippen molar-refractivity contribution in [2.45, 2.75) is 23.7 Å². The van der Waals surface area contributed by atoms with Crippen LogP contribution in [0, 0.1) is 0 Å². The third kappa shape index (κ3) is 3.55. The molecule has 1 aromatic carbocycles. The van der Waals surface area contributed by atoms with Gasteiger partial charge >= 0.3 is 0 Å². The predicted octanol–water partition coefficient (Wildman–Crippen LogP) is 4.25. The molecule has 2 nitrogen and oxygen atoms in total. The molecule has 90 valence electrons. The van der Waals surface area contributed by atoms with E-state index in [2.05, 4.69) is 27.0 Å². The summed E-state index contributed by atoms with van der Waals surface area (Å²) in [5.41, 5.74) is 0.762. The molecular formula is C12H12BrNOS2. The lowest BCUT2D eigenvalue weighted by molar-refractivity contribution is 0.195. The third-order valence-corrected chi connectivity index (χ3v) is 5.27. The van der Waals surface area contributed by atoms with Crippen LogP contribution in [0.3, 0.4) is 0 Å². The molecule has 1 N–H and O–H groups in total. The van der Waals surface area contributed by atoms with Gasteiger partial charge in [0.05, 0.1) is 17.6 Å². The van der Waals surface area contributed by atoms with Gasteiger partial charge in [-0.25, -0.2) is 4.98 Å². The minimum Gasteiger partial charge on any atom is -0.387 e. The third-order valence-electron chi connectivity index (χ3n) is 2.19. The Labute approximate surface area is 117 Å². The molecule has 0 spiro atoms. The Balaban J connectivity index is 2.00. The maximum atomic E-state index is 9.40. The van der Waals surface area contributed by atoms with Crippen LogP contribution in [0.4, 0.5) is 0 Å². The predicted molar refractivity (Wildman–Crippen MR) is 76.5 cm³/mol. The van der Waals surface area contributed by atoms with E-state index in [4.69, 9.17) is 0 Å². The minimum absolute atomic E-state index is 0.478. The van der Waals surface area contributed by atoms with Gasteiger partial charge in [0.1, 0.15) is 5.01 Å². The Morgan fingerprint density at radius 3 is 2.88 bits per heavy atom. The highest BCUT2D eigenvalue weighted by Crippen LogP contribution is 2.30. The topological polar surface area (TPSA) is 33.1 Å². The molecule has 0 aliphatic carbocycles. The van der Waals surface area contributed by atoms with Gasteiger partial charge in [-0.1, -0.05) is 12.1 Å². The summed E-state index contributed by atoms with van der Waals surface area (Å²) >= 11 is 6.86. The number of hydrogen-bond acceptors (Lipinski definition) is 4. The standard InChI is InChI=1S/C12H12BrNOS2/c1-8(15)10-6-17-12(14-10)7-16-11-5-3-2-4-9(11)13/h2-6,8,15H,7H2,1H3. The molecule has 5 heteroatoms. The second-order valence-electron chi connectivity index (χ2n) is 3.56. The van der Waals surface area contributed by atoms with Gasteiger partial charge in [0.2, 0.25) is 0 Å². The van der Waals surface area contributed by atoms with Crippen molar-refractivity contribution in [1.82, 2.24) is 4.98 Å². The van der Waals surface area contributed by atoms with Gasteiger partial charge in [-0.15, -0.1) is 23.1 Å². The molecule has 0 saturated heterocycles. The first kappa shape index (κ1) is 13.1. The molecule has 1 heterocycles. The lowest BCUT2D eigenvalue weighted by Gasteiger charge is -2.01. The smallest absolute Gasteiger partial charge is 0.103 e. The van der Waals surface area contributed by atoms with Gasteiger partial charge in [-0.2, -0.15) is 0 Å². The van der Waals surface area contributed by atoms with E-state index in [9.17, 15) is 5.11 Å². The number of aromatic nitrogens is 1. The quantitative estimate of drug-likeness (QED) is 0.851. The normalized spacial score (nSPS) is 12.6. The molecule has 0 amide bonds. The van der Waals surface area contributed by atoms with Crippen molar-refractivity contribution in [1.29, 1.82) is 0 Å². The van der Waals surface area contributed by atoms with Crippen LogP contribution in [0.25, 0.3) is 0 Å². The molecule has 17 heavy (non-hydrogen) atoms. The highest BCUT2D eigenvalue weighted by Gasteiger charge is 2.07. The summed E-state index contributed by atoms with van der Waals surface area (Å²) < 4.78 is 1.11. The second-order valence-corrected chi connectivity index (χ2v) is 6.38. The summed E-state index contributed by atoms with van der Waals surface area (Å²) in [6, 6.07) is 8.14. The SMILES string of the molecule is CC(O)c1csc(CSc2ccccc2Br)n1. The van der Waals surface area contributed by atoms with Crippen molar-refractivity contribution >= 4 is 39.0 Å². The number of thioether (sulfide) groups is 1. The number of halogens is 1. The molecule has 1 aromatic heterocycles. The number of benzene rings is 1. The van der Waals surface area contributed by atoms with Crippen LogP contribution in [0.2, 0.25) is 0 Å². The summed E-state index contributed by atoms with van der Waals surface area (Å²) in [7, 11) is 0. The first-order valence-corrected chi connectivity index (χ1v) is 7.82. The van der Waals surface area contributed by atoms with E-state index >= 15 is 0 Å². The van der Waals surface area contributed by atoms with Crippen molar-refractivity contribution in [3.63, 3.8) is 0 Å². The number of thiazole rings is 1. The van der Waals surface area contributed by atoms with Crippen LogP contribution < -0.4 is 0 Å². The first-order valence-electron chi connectivity index (χ1n) is 5.16. The zero-order valence-electron chi connectivity index (χ0n) is 9.26. The number of hydrogen-bond donors (Lipinski definition) is 1. The van der Waals surface area contributed by atoms with Gasteiger partial charge in [0.25, 0.3) is 0 Å². The number of nitrogens with zero attached hydrogens (tertiary/aromatic N) is 1. The Kier molecular flexibility index (Phi) is 4.62. The molecule has 0 radical (unpaired) electrons. The monoisotopic (exact) mass is 329 g/mol. The molecule has 0 saturated carbocycles. The van der Waals surface area contributed by atoms with Crippen LogP contribution in [-0.4, -0.2) is 10.1 Å². The Hall–Kier alpha value is -0.360. The molecule has 2 aromatic rings. The summed E-state index contributed by atoms with van der Waals surface area (Å²) in [6.45, 7) is 1.74. The van der Waals surface area contributed by atoms with Gasteiger partial charge in [0, 0.05) is 14.7 Å². The maximum absolute atomic E-state index is 9.40. The molecule has 0 aliphatic rings. The highest BCUT2D eigenvalue weighted by atomic mass is 79.9. The molecule has 2 rings (SSSR count). The fraction of sp³-hybridized carbons (Fsp3) is 0.250. The van der Waals surface area contributed by atoms with Gasteiger partial charge < -0.3 is 5.11 Å². The fourth-order valence-corrected chi connectivity index (χ4v) is 3.75. The number of aliphatic hydroxyl groups is 1. The lowest BCUT2D eigenvalue weighted by Crippen LogP contribution is -1.91. The van der Waals surface area contributed by atoms with E-state index in [1.54, 1.807) is 30.0 Å². The summed E-state index contributed by atoms with van der Waals surface area (Å²) in [5.74, 6) is 0.833. The summed E-state index contributed by atoms with van der Waals surface area (Å²) in [5, 5.41) is 12.4. The Morgan fingerprint density at radius 1 is 1.47 bits per heavy atom. The van der Waals surface area contributed by atoms with Crippen LogP contribution in [0.15, 0.2) is 39.0 Å². The highest BCUT2D eigenvalue weighted by molar-refractivity contribution is 9.10. The van der Waals surface area contributed by atoms with Gasteiger partial charge in [-0.05, 0) is 35.0 Å². The zero-order chi connectivity index (χ0) is 12.3. The molecule has 1 unspecified atom stereocenters. The molecule has 1 atom stereocenters. The van der Waals surface area contributed by atoms with E-state index in [0.29, 0.717) is 0 Å². The van der Waals surface area contributed by atoms with Crippen molar-refractivity contribution in [3.8, 4) is 0 Å². The van der Waals surface area contributed by atoms with Crippen LogP contribution >= 0.6 is 39.0 Å². The molecular weight excluding hydrogens is 318 g/mol. The van der Waals surface area contributed by atoms with Crippen molar-refractivity contribution in [2.24, 2.45) is 0 Å². The van der Waals surface area contributed by atoms with E-state index in [1.165, 1.54) is 4.90 Å². The van der Waals surface area contributed by atoms with E-state index in [-0.39, 0.29) is 0 Å². The lowest BCUT2D eigenvalue weighted by atomic mass is 10.3. The van der Waals surface area contributed by atoms with Gasteiger partial charge in [0.15, 0.2) is 0 Å². The molecule has 0 bridgehead atoms. The zero-order valence-corrected chi connectivity index (χ0v) is 12.5. The Morgan fingerprint density at radius 2 is 2.24 bits per heavy atom. The van der Waals surface area contributed by atoms with Crippen LogP contribution in [-0.2, 0) is 5.75 Å². The largest absolute Gasteiger partial charge is 0.387 e. The van der Waals surface area contributed by atoms with Crippen molar-refractivity contribution in [2.75, 3.05) is 0 Å². The number of rotatable bonds is 4. The van der Waals surface area contributed by atoms with Crippen molar-refractivity contribution < 1.29 is 5.11 Å².